The van der Waals surface area contributed by atoms with E-state index in [9.17, 15) is 13.2 Å². The van der Waals surface area contributed by atoms with Gasteiger partial charge in [-0.3, -0.25) is 9.69 Å². The smallest absolute Gasteiger partial charge is 0.237 e. The van der Waals surface area contributed by atoms with E-state index in [4.69, 9.17) is 5.73 Å². The lowest BCUT2D eigenvalue weighted by molar-refractivity contribution is -0.131. The van der Waals surface area contributed by atoms with Crippen LogP contribution in [0.1, 0.15) is 38.5 Å². The summed E-state index contributed by atoms with van der Waals surface area (Å²) in [7, 11) is -3.06. The van der Waals surface area contributed by atoms with E-state index in [1.807, 2.05) is 0 Å². The van der Waals surface area contributed by atoms with Gasteiger partial charge >= 0.3 is 0 Å². The number of rotatable bonds is 7. The molecule has 0 saturated carbocycles. The molecule has 24 heavy (non-hydrogen) atoms. The average molecular weight is 359 g/mol. The zero-order chi connectivity index (χ0) is 17.4. The molecule has 138 valence electrons. The van der Waals surface area contributed by atoms with E-state index in [0.29, 0.717) is 25.0 Å². The van der Waals surface area contributed by atoms with E-state index in [1.165, 1.54) is 12.7 Å². The number of hydrogen-bond acceptors (Lipinski definition) is 5. The average Bonchev–Trinajstić information content (AvgIpc) is 3.05. The predicted molar refractivity (Wildman–Crippen MR) is 92.9 cm³/mol. The van der Waals surface area contributed by atoms with Gasteiger partial charge in [-0.15, -0.1) is 0 Å². The zero-order valence-electron chi connectivity index (χ0n) is 14.5. The molecule has 0 radical (unpaired) electrons. The number of sulfonamides is 1. The first-order chi connectivity index (χ1) is 11.3. The van der Waals surface area contributed by atoms with Crippen LogP contribution < -0.4 is 11.1 Å². The molecule has 0 aromatic carbocycles. The Morgan fingerprint density at radius 1 is 1.29 bits per heavy atom. The molecule has 7 nitrogen and oxygen atoms in total. The van der Waals surface area contributed by atoms with Gasteiger partial charge in [0, 0.05) is 32.2 Å². The van der Waals surface area contributed by atoms with Crippen LogP contribution in [0.2, 0.25) is 0 Å². The zero-order valence-corrected chi connectivity index (χ0v) is 15.4. The van der Waals surface area contributed by atoms with Crippen LogP contribution in [0.3, 0.4) is 0 Å². The number of hydrogen-bond donors (Lipinski definition) is 2. The number of piperidine rings is 1. The maximum absolute atomic E-state index is 12.0. The van der Waals surface area contributed by atoms with Gasteiger partial charge in [-0.1, -0.05) is 0 Å². The Kier molecular flexibility index (Phi) is 5.20. The molecule has 0 aromatic heterocycles. The van der Waals surface area contributed by atoms with Crippen molar-refractivity contribution < 1.29 is 13.2 Å². The third kappa shape index (κ3) is 3.47. The maximum Gasteiger partial charge on any atom is 0.237 e. The van der Waals surface area contributed by atoms with Crippen LogP contribution in [-0.4, -0.2) is 74.1 Å². The van der Waals surface area contributed by atoms with E-state index >= 15 is 0 Å². The van der Waals surface area contributed by atoms with Crippen molar-refractivity contribution in [1.82, 2.24) is 14.5 Å². The third-order valence-corrected chi connectivity index (χ3v) is 7.42. The summed E-state index contributed by atoms with van der Waals surface area (Å²) in [5.41, 5.74) is 5.31. The summed E-state index contributed by atoms with van der Waals surface area (Å²) < 4.78 is 24.7. The van der Waals surface area contributed by atoms with E-state index in [0.717, 1.165) is 51.7 Å². The summed E-state index contributed by atoms with van der Waals surface area (Å²) >= 11 is 0. The van der Waals surface area contributed by atoms with Gasteiger partial charge < -0.3 is 11.1 Å². The maximum atomic E-state index is 12.0. The lowest BCUT2D eigenvalue weighted by Gasteiger charge is -2.42. The number of carbonyl (C=O) groups is 1. The number of nitrogens with one attached hydrogen (secondary N) is 1. The molecule has 3 saturated heterocycles. The minimum Gasteiger partial charge on any atom is -0.368 e. The largest absolute Gasteiger partial charge is 0.368 e. The van der Waals surface area contributed by atoms with Crippen LogP contribution in [-0.2, 0) is 14.8 Å². The van der Waals surface area contributed by atoms with Crippen LogP contribution in [0.25, 0.3) is 0 Å². The molecule has 3 N–H and O–H groups in total. The number of carbonyl (C=O) groups excluding carboxylic acids is 1. The second-order valence-electron chi connectivity index (χ2n) is 7.65. The summed E-state index contributed by atoms with van der Waals surface area (Å²) in [6.45, 7) is 3.73. The molecule has 0 spiro atoms. The van der Waals surface area contributed by atoms with Crippen LogP contribution in [0.4, 0.5) is 0 Å². The normalized spacial score (nSPS) is 34.7. The molecule has 0 unspecified atom stereocenters. The van der Waals surface area contributed by atoms with Crippen molar-refractivity contribution in [3.8, 4) is 0 Å². The van der Waals surface area contributed by atoms with E-state index in [-0.39, 0.29) is 5.91 Å². The molecule has 0 aliphatic carbocycles. The Bertz CT molecular complexity index is 578. The Balaban J connectivity index is 1.45. The van der Waals surface area contributed by atoms with Crippen LogP contribution in [0.5, 0.6) is 0 Å². The molecule has 3 atom stereocenters. The number of fused-ring (bicyclic) bond motifs is 2. The fourth-order valence-electron chi connectivity index (χ4n) is 4.81. The summed E-state index contributed by atoms with van der Waals surface area (Å²) in [6.07, 6.45) is 7.33. The quantitative estimate of drug-likeness (QED) is 0.611. The Morgan fingerprint density at radius 3 is 2.75 bits per heavy atom. The van der Waals surface area contributed by atoms with Gasteiger partial charge in [0.1, 0.15) is 5.54 Å². The highest BCUT2D eigenvalue weighted by Gasteiger charge is 2.52. The lowest BCUT2D eigenvalue weighted by atomic mass is 9.87. The fraction of sp³-hybridized carbons (Fsp3) is 0.938. The Morgan fingerprint density at radius 2 is 2.08 bits per heavy atom. The summed E-state index contributed by atoms with van der Waals surface area (Å²) in [5.74, 6) is 0.215. The second-order valence-corrected chi connectivity index (χ2v) is 9.64. The second kappa shape index (κ2) is 6.90. The molecule has 8 heteroatoms. The number of primary amides is 1. The van der Waals surface area contributed by atoms with Gasteiger partial charge in [0.25, 0.3) is 0 Å². The molecule has 3 aliphatic rings. The topological polar surface area (TPSA) is 95.7 Å². The van der Waals surface area contributed by atoms with Crippen molar-refractivity contribution in [2.24, 2.45) is 11.7 Å². The van der Waals surface area contributed by atoms with Crippen molar-refractivity contribution >= 4 is 15.9 Å². The van der Waals surface area contributed by atoms with Crippen molar-refractivity contribution in [3.63, 3.8) is 0 Å². The van der Waals surface area contributed by atoms with Crippen molar-refractivity contribution in [3.05, 3.63) is 0 Å². The van der Waals surface area contributed by atoms with Gasteiger partial charge in [0.15, 0.2) is 0 Å². The van der Waals surface area contributed by atoms with E-state index in [2.05, 4.69) is 10.2 Å². The Labute approximate surface area is 145 Å². The molecule has 3 rings (SSSR count). The fourth-order valence-corrected chi connectivity index (χ4v) is 5.73. The van der Waals surface area contributed by atoms with Gasteiger partial charge in [0.05, 0.1) is 6.26 Å². The molecular formula is C16H30N4O3S. The summed E-state index contributed by atoms with van der Waals surface area (Å²) in [4.78, 5) is 14.4. The predicted octanol–water partition coefficient (Wildman–Crippen LogP) is -0.270. The van der Waals surface area contributed by atoms with Crippen LogP contribution in [0, 0.1) is 5.92 Å². The van der Waals surface area contributed by atoms with Gasteiger partial charge in [-0.05, 0) is 51.0 Å². The third-order valence-electron chi connectivity index (χ3n) is 6.15. The summed E-state index contributed by atoms with van der Waals surface area (Å²) in [5, 5.41) is 3.46. The van der Waals surface area contributed by atoms with Gasteiger partial charge in [-0.25, -0.2) is 12.7 Å². The lowest BCUT2D eigenvalue weighted by Crippen LogP contribution is -2.59. The van der Waals surface area contributed by atoms with Gasteiger partial charge in [-0.2, -0.15) is 0 Å². The first-order valence-electron chi connectivity index (χ1n) is 9.05. The molecule has 0 aromatic rings. The monoisotopic (exact) mass is 358 g/mol. The molecule has 1 amide bonds. The molecular weight excluding hydrogens is 328 g/mol. The number of nitrogens with two attached hydrogens (primary N) is 1. The summed E-state index contributed by atoms with van der Waals surface area (Å²) in [6, 6.07) is 0.500. The Hall–Kier alpha value is -0.700. The van der Waals surface area contributed by atoms with Crippen molar-refractivity contribution in [2.75, 3.05) is 39.0 Å². The number of amides is 1. The highest BCUT2D eigenvalue weighted by molar-refractivity contribution is 7.88. The van der Waals surface area contributed by atoms with Crippen molar-refractivity contribution in [1.29, 1.82) is 0 Å². The molecule has 3 fully saturated rings. The minimum atomic E-state index is -3.06. The van der Waals surface area contributed by atoms with E-state index < -0.39 is 15.6 Å². The first-order valence-corrected chi connectivity index (χ1v) is 10.9. The van der Waals surface area contributed by atoms with Gasteiger partial charge in [0.2, 0.25) is 15.9 Å². The highest BCUT2D eigenvalue weighted by atomic mass is 32.2. The molecule has 3 aliphatic heterocycles. The highest BCUT2D eigenvalue weighted by Crippen LogP contribution is 2.43. The first kappa shape index (κ1) is 18.1. The molecule has 3 heterocycles. The van der Waals surface area contributed by atoms with E-state index in [1.54, 1.807) is 4.31 Å². The number of nitrogens with zero attached hydrogens (tertiary/aromatic N) is 2. The SMILES string of the molecule is CS(=O)(=O)N1CC[C@H](CNCCN2[C@@H]3CCC[C@@]2(C(N)=O)CC3)C1. The van der Waals surface area contributed by atoms with Crippen molar-refractivity contribution in [2.45, 2.75) is 50.1 Å². The standard InChI is InChI=1S/C16H30N4O3S/c1-24(22,23)19-9-5-13(12-19)11-18-8-10-20-14-3-2-6-16(20,7-4-14)15(17)21/h13-14,18H,2-12H2,1H3,(H2,17,21)/t13-,14-,16+/m1/s1. The minimum absolute atomic E-state index is 0.163. The molecule has 2 bridgehead atoms. The van der Waals surface area contributed by atoms with Crippen LogP contribution in [0.15, 0.2) is 0 Å². The van der Waals surface area contributed by atoms with Crippen LogP contribution >= 0.6 is 0 Å².